The highest BCUT2D eigenvalue weighted by Crippen LogP contribution is 2.40. The number of carbonyl (C=O) groups is 1. The van der Waals surface area contributed by atoms with Crippen molar-refractivity contribution in [2.45, 2.75) is 46.1 Å². The minimum absolute atomic E-state index is 0.00839. The monoisotopic (exact) mass is 515 g/mol. The minimum atomic E-state index is -4.65. The lowest BCUT2D eigenvalue weighted by molar-refractivity contribution is -0.141. The van der Waals surface area contributed by atoms with E-state index in [1.165, 1.54) is 10.9 Å². The van der Waals surface area contributed by atoms with Crippen molar-refractivity contribution < 1.29 is 22.7 Å². The zero-order chi connectivity index (χ0) is 26.5. The molecule has 0 unspecified atom stereocenters. The summed E-state index contributed by atoms with van der Waals surface area (Å²) in [7, 11) is 1.82. The molecule has 196 valence electrons. The molecule has 3 aromatic rings. The van der Waals surface area contributed by atoms with Gasteiger partial charge in [0.1, 0.15) is 6.61 Å². The third-order valence-corrected chi connectivity index (χ3v) is 6.84. The van der Waals surface area contributed by atoms with Crippen molar-refractivity contribution in [3.63, 3.8) is 0 Å². The summed E-state index contributed by atoms with van der Waals surface area (Å²) in [6.45, 7) is 5.74. The number of ether oxygens (including phenoxy) is 1. The standard InChI is InChI=1S/C25H28F3N7O2/c1-4-35-14-21(22(31-35)25(26,27)28)19-9-16(11-34-7-8-37-24(34)29)10-20-18(19)5-6-33(23(20)36)13-17-12-32(3)30-15(17)2/h9-10,12,14,29H,4-8,11,13H2,1-3H3. The van der Waals surface area contributed by atoms with Crippen molar-refractivity contribution >= 4 is 11.9 Å². The number of rotatable bonds is 6. The molecule has 37 heavy (non-hydrogen) atoms. The Morgan fingerprint density at radius 1 is 1.05 bits per heavy atom. The van der Waals surface area contributed by atoms with Crippen LogP contribution in [0.4, 0.5) is 13.2 Å². The Morgan fingerprint density at radius 3 is 2.43 bits per heavy atom. The van der Waals surface area contributed by atoms with E-state index >= 15 is 0 Å². The van der Waals surface area contributed by atoms with E-state index in [-0.39, 0.29) is 30.6 Å². The van der Waals surface area contributed by atoms with Gasteiger partial charge in [0, 0.05) is 62.3 Å². The van der Waals surface area contributed by atoms with Crippen LogP contribution in [0.3, 0.4) is 0 Å². The first-order valence-electron chi connectivity index (χ1n) is 12.1. The summed E-state index contributed by atoms with van der Waals surface area (Å²) in [4.78, 5) is 17.1. The first kappa shape index (κ1) is 24.8. The number of amides is 1. The van der Waals surface area contributed by atoms with Crippen molar-refractivity contribution in [1.82, 2.24) is 29.4 Å². The van der Waals surface area contributed by atoms with E-state index in [1.54, 1.807) is 33.5 Å². The number of fused-ring (bicyclic) bond motifs is 1. The smallest absolute Gasteiger partial charge is 0.435 e. The van der Waals surface area contributed by atoms with Gasteiger partial charge in [0.05, 0.1) is 12.2 Å². The van der Waals surface area contributed by atoms with E-state index in [9.17, 15) is 18.0 Å². The van der Waals surface area contributed by atoms with Gasteiger partial charge in [0.2, 0.25) is 0 Å². The summed E-state index contributed by atoms with van der Waals surface area (Å²) in [5.41, 5.74) is 2.69. The number of benzene rings is 1. The maximum atomic E-state index is 14.0. The summed E-state index contributed by atoms with van der Waals surface area (Å²) in [6, 6.07) is 3.45. The largest absolute Gasteiger partial charge is 0.463 e. The highest BCUT2D eigenvalue weighted by molar-refractivity contribution is 5.99. The first-order valence-corrected chi connectivity index (χ1v) is 12.1. The fourth-order valence-electron chi connectivity index (χ4n) is 5.01. The van der Waals surface area contributed by atoms with Crippen LogP contribution in [0.2, 0.25) is 0 Å². The molecule has 1 amide bonds. The molecule has 12 heteroatoms. The summed E-state index contributed by atoms with van der Waals surface area (Å²) in [5.74, 6) is -0.239. The Labute approximate surface area is 211 Å². The zero-order valence-corrected chi connectivity index (χ0v) is 20.9. The number of hydrogen-bond donors (Lipinski definition) is 1. The molecule has 4 heterocycles. The Kier molecular flexibility index (Phi) is 6.20. The Bertz CT molecular complexity index is 1380. The molecule has 1 fully saturated rings. The van der Waals surface area contributed by atoms with Crippen LogP contribution < -0.4 is 0 Å². The minimum Gasteiger partial charge on any atom is -0.463 e. The number of nitrogens with zero attached hydrogens (tertiary/aromatic N) is 6. The van der Waals surface area contributed by atoms with Gasteiger partial charge in [-0.3, -0.25) is 19.6 Å². The molecule has 1 saturated heterocycles. The van der Waals surface area contributed by atoms with Crippen molar-refractivity contribution in [2.24, 2.45) is 7.05 Å². The third kappa shape index (κ3) is 4.67. The van der Waals surface area contributed by atoms with Gasteiger partial charge >= 0.3 is 6.18 Å². The molecular formula is C25H28F3N7O2. The van der Waals surface area contributed by atoms with E-state index < -0.39 is 11.9 Å². The van der Waals surface area contributed by atoms with E-state index in [1.807, 2.05) is 20.2 Å². The van der Waals surface area contributed by atoms with Crippen LogP contribution in [0.5, 0.6) is 0 Å². The van der Waals surface area contributed by atoms with Crippen molar-refractivity contribution in [1.29, 1.82) is 5.41 Å². The molecule has 2 aromatic heterocycles. The second kappa shape index (κ2) is 9.24. The SMILES string of the molecule is CCn1cc(-c2cc(CN3CCOC3=N)cc3c2CCN(Cc2cn(C)nc2C)C3=O)c(C(F)(F)F)n1. The maximum Gasteiger partial charge on any atom is 0.435 e. The average Bonchev–Trinajstić information content (AvgIpc) is 3.54. The van der Waals surface area contributed by atoms with E-state index in [0.29, 0.717) is 54.9 Å². The fraction of sp³-hybridized carbons (Fsp3) is 0.440. The number of nitrogens with one attached hydrogen (secondary N) is 1. The second-order valence-electron chi connectivity index (χ2n) is 9.38. The number of alkyl halides is 3. The summed E-state index contributed by atoms with van der Waals surface area (Å²) in [6.07, 6.45) is -0.966. The van der Waals surface area contributed by atoms with E-state index in [2.05, 4.69) is 10.2 Å². The maximum absolute atomic E-state index is 14.0. The van der Waals surface area contributed by atoms with Crippen LogP contribution in [0.1, 0.15) is 45.4 Å². The van der Waals surface area contributed by atoms with Crippen molar-refractivity contribution in [3.8, 4) is 11.1 Å². The summed E-state index contributed by atoms with van der Waals surface area (Å²) in [5, 5.41) is 16.1. The molecule has 0 saturated carbocycles. The average molecular weight is 516 g/mol. The lowest BCUT2D eigenvalue weighted by atomic mass is 9.88. The predicted octanol–water partition coefficient (Wildman–Crippen LogP) is 3.60. The van der Waals surface area contributed by atoms with Crippen LogP contribution in [-0.4, -0.2) is 61.0 Å². The number of hydrogen-bond acceptors (Lipinski definition) is 5. The number of aromatic nitrogens is 4. The van der Waals surface area contributed by atoms with Crippen LogP contribution in [0, 0.1) is 12.3 Å². The van der Waals surface area contributed by atoms with Crippen LogP contribution >= 0.6 is 0 Å². The zero-order valence-electron chi connectivity index (χ0n) is 20.9. The van der Waals surface area contributed by atoms with Gasteiger partial charge in [0.15, 0.2) is 5.69 Å². The second-order valence-corrected chi connectivity index (χ2v) is 9.38. The molecule has 0 bridgehead atoms. The number of carbonyl (C=O) groups excluding carboxylic acids is 1. The van der Waals surface area contributed by atoms with Gasteiger partial charge in [-0.25, -0.2) is 0 Å². The fourth-order valence-corrected chi connectivity index (χ4v) is 5.01. The van der Waals surface area contributed by atoms with Gasteiger partial charge in [0.25, 0.3) is 11.9 Å². The molecule has 1 N–H and O–H groups in total. The quantitative estimate of drug-likeness (QED) is 0.542. The Hall–Kier alpha value is -3.83. The highest BCUT2D eigenvalue weighted by Gasteiger charge is 2.39. The molecular weight excluding hydrogens is 487 g/mol. The molecule has 0 atom stereocenters. The van der Waals surface area contributed by atoms with Crippen molar-refractivity contribution in [2.75, 3.05) is 19.7 Å². The number of halogens is 3. The predicted molar refractivity (Wildman–Crippen MR) is 129 cm³/mol. The Balaban J connectivity index is 1.60. The van der Waals surface area contributed by atoms with E-state index in [4.69, 9.17) is 10.1 Å². The summed E-state index contributed by atoms with van der Waals surface area (Å²) < 4.78 is 50.2. The highest BCUT2D eigenvalue weighted by atomic mass is 19.4. The van der Waals surface area contributed by atoms with Crippen LogP contribution in [0.15, 0.2) is 24.5 Å². The molecule has 2 aliphatic rings. The topological polar surface area (TPSA) is 92.3 Å². The number of amidine groups is 1. The van der Waals surface area contributed by atoms with Crippen molar-refractivity contribution in [3.05, 3.63) is 58.2 Å². The molecule has 0 radical (unpaired) electrons. The number of aryl methyl sites for hydroxylation is 3. The molecule has 5 rings (SSSR count). The van der Waals surface area contributed by atoms with Crippen LogP contribution in [0.25, 0.3) is 11.1 Å². The molecule has 1 aromatic carbocycles. The van der Waals surface area contributed by atoms with Gasteiger partial charge in [-0.2, -0.15) is 23.4 Å². The lowest BCUT2D eigenvalue weighted by Crippen LogP contribution is -2.37. The first-order chi connectivity index (χ1) is 17.5. The summed E-state index contributed by atoms with van der Waals surface area (Å²) >= 11 is 0. The normalized spacial score (nSPS) is 15.9. The van der Waals surface area contributed by atoms with Gasteiger partial charge in [-0.15, -0.1) is 0 Å². The molecule has 9 nitrogen and oxygen atoms in total. The molecule has 2 aliphatic heterocycles. The lowest BCUT2D eigenvalue weighted by Gasteiger charge is -2.31. The molecule has 0 aliphatic carbocycles. The third-order valence-electron chi connectivity index (χ3n) is 6.84. The Morgan fingerprint density at radius 2 is 1.81 bits per heavy atom. The molecule has 0 spiro atoms. The van der Waals surface area contributed by atoms with Gasteiger partial charge < -0.3 is 14.5 Å². The van der Waals surface area contributed by atoms with E-state index in [0.717, 1.165) is 11.3 Å². The van der Waals surface area contributed by atoms with Gasteiger partial charge in [-0.1, -0.05) is 0 Å². The van der Waals surface area contributed by atoms with Crippen LogP contribution in [-0.2, 0) is 44.0 Å². The van der Waals surface area contributed by atoms with Gasteiger partial charge in [-0.05, 0) is 49.1 Å².